The van der Waals surface area contributed by atoms with Crippen molar-refractivity contribution < 1.29 is 4.79 Å². The first kappa shape index (κ1) is 19.6. The number of hydrogen-bond acceptors (Lipinski definition) is 4. The molecule has 0 radical (unpaired) electrons. The Bertz CT molecular complexity index is 1000. The van der Waals surface area contributed by atoms with Crippen molar-refractivity contribution in [3.8, 4) is 11.3 Å². The summed E-state index contributed by atoms with van der Waals surface area (Å²) >= 11 is 0. The summed E-state index contributed by atoms with van der Waals surface area (Å²) in [5.74, 6) is -0.112. The maximum absolute atomic E-state index is 12.8. The summed E-state index contributed by atoms with van der Waals surface area (Å²) in [5, 5.41) is 7.51. The second-order valence-corrected chi connectivity index (χ2v) is 7.93. The van der Waals surface area contributed by atoms with Crippen molar-refractivity contribution in [2.24, 2.45) is 0 Å². The van der Waals surface area contributed by atoms with Gasteiger partial charge in [0.15, 0.2) is 5.65 Å². The van der Waals surface area contributed by atoms with E-state index in [9.17, 15) is 4.79 Å². The molecule has 0 bridgehead atoms. The highest BCUT2D eigenvalue weighted by atomic mass is 16.1. The van der Waals surface area contributed by atoms with Crippen LogP contribution in [0.5, 0.6) is 0 Å². The topological polar surface area (TPSA) is 62.5 Å². The summed E-state index contributed by atoms with van der Waals surface area (Å²) in [6, 6.07) is 8.27. The number of nitrogens with zero attached hydrogens (tertiary/aromatic N) is 4. The monoisotopic (exact) mass is 391 g/mol. The number of hydrogen-bond donors (Lipinski definition) is 1. The molecule has 2 aromatic heterocycles. The minimum atomic E-state index is -0.112. The average Bonchev–Trinajstić information content (AvgIpc) is 2.99. The standard InChI is InChI=1S/C23H29N5O/c1-17-7-8-19(15-18(17)2)21-9-10-24-22-20(16-26-28(21)22)23(29)25-11-14-27-12-5-3-4-6-13-27/h7-10,15-16H,3-6,11-14H2,1-2H3,(H,25,29). The van der Waals surface area contributed by atoms with Gasteiger partial charge in [-0.1, -0.05) is 25.0 Å². The van der Waals surface area contributed by atoms with Crippen LogP contribution in [-0.4, -0.2) is 51.6 Å². The van der Waals surface area contributed by atoms with Crippen molar-refractivity contribution in [3.63, 3.8) is 0 Å². The van der Waals surface area contributed by atoms with Crippen molar-refractivity contribution in [1.82, 2.24) is 24.8 Å². The number of likely N-dealkylation sites (tertiary alicyclic amines) is 1. The zero-order chi connectivity index (χ0) is 20.2. The molecule has 1 aliphatic rings. The normalized spacial score (nSPS) is 15.4. The molecule has 3 heterocycles. The Morgan fingerprint density at radius 2 is 1.86 bits per heavy atom. The molecular weight excluding hydrogens is 362 g/mol. The minimum Gasteiger partial charge on any atom is -0.351 e. The van der Waals surface area contributed by atoms with E-state index in [4.69, 9.17) is 0 Å². The molecule has 6 heteroatoms. The third-order valence-corrected chi connectivity index (χ3v) is 5.86. The molecule has 152 valence electrons. The summed E-state index contributed by atoms with van der Waals surface area (Å²) in [7, 11) is 0. The second-order valence-electron chi connectivity index (χ2n) is 7.93. The summed E-state index contributed by atoms with van der Waals surface area (Å²) in [6.07, 6.45) is 8.52. The average molecular weight is 392 g/mol. The van der Waals surface area contributed by atoms with Gasteiger partial charge in [0.25, 0.3) is 5.91 Å². The number of aromatic nitrogens is 3. The van der Waals surface area contributed by atoms with Crippen molar-refractivity contribution >= 4 is 11.6 Å². The van der Waals surface area contributed by atoms with Crippen molar-refractivity contribution in [2.45, 2.75) is 39.5 Å². The van der Waals surface area contributed by atoms with Gasteiger partial charge in [-0.25, -0.2) is 9.50 Å². The Kier molecular flexibility index (Phi) is 5.90. The first-order valence-corrected chi connectivity index (χ1v) is 10.5. The van der Waals surface area contributed by atoms with Gasteiger partial charge in [0, 0.05) is 24.8 Å². The number of nitrogens with one attached hydrogen (secondary N) is 1. The Hall–Kier alpha value is -2.73. The highest BCUT2D eigenvalue weighted by molar-refractivity contribution is 5.99. The van der Waals surface area contributed by atoms with Gasteiger partial charge in [0.05, 0.1) is 11.9 Å². The molecule has 3 aromatic rings. The highest BCUT2D eigenvalue weighted by Crippen LogP contribution is 2.23. The molecule has 1 saturated heterocycles. The molecule has 1 aliphatic heterocycles. The van der Waals surface area contributed by atoms with Crippen LogP contribution in [0, 0.1) is 13.8 Å². The molecular formula is C23H29N5O. The van der Waals surface area contributed by atoms with Gasteiger partial charge in [-0.15, -0.1) is 0 Å². The van der Waals surface area contributed by atoms with Gasteiger partial charge in [0.2, 0.25) is 0 Å². The van der Waals surface area contributed by atoms with Crippen LogP contribution >= 0.6 is 0 Å². The second kappa shape index (κ2) is 8.74. The molecule has 1 aromatic carbocycles. The summed E-state index contributed by atoms with van der Waals surface area (Å²) in [6.45, 7) is 8.01. The lowest BCUT2D eigenvalue weighted by Crippen LogP contribution is -2.35. The van der Waals surface area contributed by atoms with Crippen LogP contribution < -0.4 is 5.32 Å². The summed E-state index contributed by atoms with van der Waals surface area (Å²) in [4.78, 5) is 19.6. The largest absolute Gasteiger partial charge is 0.351 e. The number of aryl methyl sites for hydroxylation is 2. The van der Waals surface area contributed by atoms with Crippen molar-refractivity contribution in [3.05, 3.63) is 53.3 Å². The minimum absolute atomic E-state index is 0.112. The molecule has 0 spiro atoms. The van der Waals surface area contributed by atoms with Crippen LogP contribution in [-0.2, 0) is 0 Å². The zero-order valence-electron chi connectivity index (χ0n) is 17.3. The summed E-state index contributed by atoms with van der Waals surface area (Å²) in [5.41, 5.74) is 5.59. The third kappa shape index (κ3) is 4.32. The van der Waals surface area contributed by atoms with Gasteiger partial charge in [-0.05, 0) is 63.0 Å². The zero-order valence-corrected chi connectivity index (χ0v) is 17.3. The van der Waals surface area contributed by atoms with E-state index in [0.29, 0.717) is 17.8 Å². The Morgan fingerprint density at radius 1 is 1.07 bits per heavy atom. The van der Waals surface area contributed by atoms with E-state index in [1.54, 1.807) is 16.9 Å². The van der Waals surface area contributed by atoms with Crippen molar-refractivity contribution in [2.75, 3.05) is 26.2 Å². The number of fused-ring (bicyclic) bond motifs is 1. The predicted molar refractivity (Wildman–Crippen MR) is 115 cm³/mol. The molecule has 0 unspecified atom stereocenters. The van der Waals surface area contributed by atoms with E-state index in [-0.39, 0.29) is 5.91 Å². The molecule has 6 nitrogen and oxygen atoms in total. The van der Waals surface area contributed by atoms with E-state index in [0.717, 1.165) is 30.9 Å². The van der Waals surface area contributed by atoms with E-state index < -0.39 is 0 Å². The van der Waals surface area contributed by atoms with Crippen LogP contribution in [0.3, 0.4) is 0 Å². The Balaban J connectivity index is 1.49. The quantitative estimate of drug-likeness (QED) is 0.722. The van der Waals surface area contributed by atoms with Crippen LogP contribution in [0.1, 0.15) is 47.2 Å². The first-order valence-electron chi connectivity index (χ1n) is 10.5. The molecule has 1 N–H and O–H groups in total. The van der Waals surface area contributed by atoms with Crippen LogP contribution in [0.25, 0.3) is 16.9 Å². The van der Waals surface area contributed by atoms with E-state index in [2.05, 4.69) is 52.3 Å². The molecule has 0 atom stereocenters. The lowest BCUT2D eigenvalue weighted by Gasteiger charge is -2.19. The predicted octanol–water partition coefficient (Wildman–Crippen LogP) is 3.62. The smallest absolute Gasteiger partial charge is 0.256 e. The fraction of sp³-hybridized carbons (Fsp3) is 0.435. The Labute approximate surface area is 171 Å². The number of carbonyl (C=O) groups excluding carboxylic acids is 1. The van der Waals surface area contributed by atoms with Crippen LogP contribution in [0.2, 0.25) is 0 Å². The number of carbonyl (C=O) groups is 1. The molecule has 1 amide bonds. The SMILES string of the molecule is Cc1ccc(-c2ccnc3c(C(=O)NCCN4CCCCCC4)cnn23)cc1C. The first-order chi connectivity index (χ1) is 14.1. The molecule has 0 aliphatic carbocycles. The fourth-order valence-corrected chi connectivity index (χ4v) is 3.95. The molecule has 1 fully saturated rings. The maximum Gasteiger partial charge on any atom is 0.256 e. The summed E-state index contributed by atoms with van der Waals surface area (Å²) < 4.78 is 1.76. The van der Waals surface area contributed by atoms with Gasteiger partial charge in [-0.3, -0.25) is 4.79 Å². The number of benzene rings is 1. The van der Waals surface area contributed by atoms with E-state index in [1.165, 1.54) is 36.8 Å². The molecule has 0 saturated carbocycles. The van der Waals surface area contributed by atoms with Crippen LogP contribution in [0.15, 0.2) is 36.7 Å². The number of amides is 1. The van der Waals surface area contributed by atoms with Gasteiger partial charge in [-0.2, -0.15) is 5.10 Å². The Morgan fingerprint density at radius 3 is 2.62 bits per heavy atom. The maximum atomic E-state index is 12.8. The highest BCUT2D eigenvalue weighted by Gasteiger charge is 2.17. The van der Waals surface area contributed by atoms with Crippen molar-refractivity contribution in [1.29, 1.82) is 0 Å². The fourth-order valence-electron chi connectivity index (χ4n) is 3.95. The van der Waals surface area contributed by atoms with Gasteiger partial charge < -0.3 is 10.2 Å². The lowest BCUT2D eigenvalue weighted by molar-refractivity contribution is 0.0950. The lowest BCUT2D eigenvalue weighted by atomic mass is 10.0. The van der Waals surface area contributed by atoms with Gasteiger partial charge in [0.1, 0.15) is 5.56 Å². The van der Waals surface area contributed by atoms with Gasteiger partial charge >= 0.3 is 0 Å². The third-order valence-electron chi connectivity index (χ3n) is 5.86. The molecule has 29 heavy (non-hydrogen) atoms. The number of rotatable bonds is 5. The van der Waals surface area contributed by atoms with E-state index in [1.807, 2.05) is 6.07 Å². The van der Waals surface area contributed by atoms with E-state index >= 15 is 0 Å². The molecule has 4 rings (SSSR count). The van der Waals surface area contributed by atoms with Crippen LogP contribution in [0.4, 0.5) is 0 Å².